The van der Waals surface area contributed by atoms with E-state index < -0.39 is 25.2 Å². The number of ketones is 1. The van der Waals surface area contributed by atoms with E-state index in [-0.39, 0.29) is 5.56 Å². The molecule has 0 aromatic heterocycles. The number of para-hydroxylation sites is 1. The summed E-state index contributed by atoms with van der Waals surface area (Å²) in [6, 6.07) is 5.05. The maximum absolute atomic E-state index is 11.9. The highest BCUT2D eigenvalue weighted by Crippen LogP contribution is 2.29. The van der Waals surface area contributed by atoms with Gasteiger partial charge in [-0.1, -0.05) is 12.1 Å². The average molecular weight is 260 g/mol. The summed E-state index contributed by atoms with van der Waals surface area (Å²) in [5, 5.41) is 0. The van der Waals surface area contributed by atoms with E-state index in [9.17, 15) is 18.0 Å². The predicted molar refractivity (Wildman–Crippen MR) is 56.8 cm³/mol. The van der Waals surface area contributed by atoms with E-state index in [0.29, 0.717) is 18.8 Å². The van der Waals surface area contributed by atoms with E-state index in [4.69, 9.17) is 4.74 Å². The highest BCUT2D eigenvalue weighted by molar-refractivity contribution is 6.00. The van der Waals surface area contributed by atoms with Crippen molar-refractivity contribution in [1.29, 1.82) is 0 Å². The molecule has 1 aromatic rings. The number of rotatable bonds is 4. The first kappa shape index (κ1) is 12.9. The Hall–Kier alpha value is -1.56. The lowest BCUT2D eigenvalue weighted by Crippen LogP contribution is -2.20. The molecule has 0 saturated carbocycles. The molecule has 0 fully saturated rings. The van der Waals surface area contributed by atoms with E-state index in [0.717, 1.165) is 5.56 Å². The smallest absolute Gasteiger partial charge is 0.411 e. The molecule has 1 aliphatic heterocycles. The number of ether oxygens (including phenoxy) is 2. The van der Waals surface area contributed by atoms with Crippen molar-refractivity contribution in [2.24, 2.45) is 0 Å². The van der Waals surface area contributed by atoms with E-state index >= 15 is 0 Å². The predicted octanol–water partition coefficient (Wildman–Crippen LogP) is 2.38. The number of hydrogen-bond donors (Lipinski definition) is 0. The van der Waals surface area contributed by atoms with Crippen LogP contribution in [-0.2, 0) is 11.2 Å². The Balaban J connectivity index is 2.00. The number of carbonyl (C=O) groups is 1. The maximum atomic E-state index is 11.9. The van der Waals surface area contributed by atoms with Gasteiger partial charge in [0.05, 0.1) is 12.2 Å². The fourth-order valence-electron chi connectivity index (χ4n) is 1.77. The summed E-state index contributed by atoms with van der Waals surface area (Å²) < 4.78 is 45.2. The summed E-state index contributed by atoms with van der Waals surface area (Å²) in [6.07, 6.45) is -3.71. The van der Waals surface area contributed by atoms with Gasteiger partial charge in [0.25, 0.3) is 0 Å². The van der Waals surface area contributed by atoms with Gasteiger partial charge in [0.15, 0.2) is 5.78 Å². The lowest BCUT2D eigenvalue weighted by molar-refractivity contribution is -0.170. The minimum absolute atomic E-state index is 0.284. The molecule has 2 rings (SSSR count). The molecule has 18 heavy (non-hydrogen) atoms. The third-order valence-electron chi connectivity index (χ3n) is 2.51. The molecular formula is C12H11F3O3. The molecule has 0 bridgehead atoms. The molecule has 1 aliphatic rings. The van der Waals surface area contributed by atoms with Crippen molar-refractivity contribution in [2.45, 2.75) is 12.6 Å². The van der Waals surface area contributed by atoms with Crippen LogP contribution in [0.5, 0.6) is 5.75 Å². The van der Waals surface area contributed by atoms with Gasteiger partial charge in [0.1, 0.15) is 19.0 Å². The molecule has 1 heterocycles. The van der Waals surface area contributed by atoms with Crippen LogP contribution in [0.4, 0.5) is 13.2 Å². The number of fused-ring (bicyclic) bond motifs is 1. The number of Topliss-reactive ketones (excluding diaryl/α,β-unsaturated/α-hetero) is 1. The molecule has 0 atom stereocenters. The molecule has 0 unspecified atom stereocenters. The zero-order valence-electron chi connectivity index (χ0n) is 9.42. The largest absolute Gasteiger partial charge is 0.492 e. The first-order valence-electron chi connectivity index (χ1n) is 5.40. The van der Waals surface area contributed by atoms with Crippen molar-refractivity contribution >= 4 is 5.78 Å². The van der Waals surface area contributed by atoms with Gasteiger partial charge >= 0.3 is 6.18 Å². The van der Waals surface area contributed by atoms with Crippen LogP contribution >= 0.6 is 0 Å². The first-order chi connectivity index (χ1) is 8.47. The third-order valence-corrected chi connectivity index (χ3v) is 2.51. The number of halogens is 3. The fraction of sp³-hybridized carbons (Fsp3) is 0.417. The van der Waals surface area contributed by atoms with Crippen molar-refractivity contribution in [3.8, 4) is 5.75 Å². The number of benzene rings is 1. The van der Waals surface area contributed by atoms with Gasteiger partial charge < -0.3 is 9.47 Å². The summed E-state index contributed by atoms with van der Waals surface area (Å²) in [6.45, 7) is -1.53. The van der Waals surface area contributed by atoms with Crippen LogP contribution < -0.4 is 4.74 Å². The molecule has 0 N–H and O–H groups in total. The van der Waals surface area contributed by atoms with E-state index in [1.54, 1.807) is 6.07 Å². The van der Waals surface area contributed by atoms with Gasteiger partial charge in [-0.15, -0.1) is 0 Å². The second kappa shape index (κ2) is 4.97. The van der Waals surface area contributed by atoms with E-state index in [1.165, 1.54) is 6.07 Å². The van der Waals surface area contributed by atoms with Crippen LogP contribution in [0.2, 0.25) is 0 Å². The van der Waals surface area contributed by atoms with Crippen LogP contribution in [0.3, 0.4) is 0 Å². The summed E-state index contributed by atoms with van der Waals surface area (Å²) in [5.74, 6) is -0.0314. The van der Waals surface area contributed by atoms with Crippen molar-refractivity contribution in [2.75, 3.05) is 19.8 Å². The van der Waals surface area contributed by atoms with Gasteiger partial charge in [-0.25, -0.2) is 0 Å². The Labute approximate surface area is 102 Å². The monoisotopic (exact) mass is 260 g/mol. The number of alkyl halides is 3. The van der Waals surface area contributed by atoms with Crippen molar-refractivity contribution in [1.82, 2.24) is 0 Å². The summed E-state index contributed by atoms with van der Waals surface area (Å²) >= 11 is 0. The number of hydrogen-bond acceptors (Lipinski definition) is 3. The molecule has 6 heteroatoms. The molecule has 0 aliphatic carbocycles. The van der Waals surface area contributed by atoms with Gasteiger partial charge in [0, 0.05) is 6.42 Å². The van der Waals surface area contributed by atoms with E-state index in [1.807, 2.05) is 6.07 Å². The fourth-order valence-corrected chi connectivity index (χ4v) is 1.77. The Morgan fingerprint density at radius 3 is 2.89 bits per heavy atom. The van der Waals surface area contributed by atoms with Crippen LogP contribution in [0.1, 0.15) is 15.9 Å². The summed E-state index contributed by atoms with van der Waals surface area (Å²) in [4.78, 5) is 11.7. The third kappa shape index (κ3) is 3.01. The van der Waals surface area contributed by atoms with Gasteiger partial charge in [0.2, 0.25) is 0 Å². The minimum Gasteiger partial charge on any atom is -0.492 e. The van der Waals surface area contributed by atoms with Crippen LogP contribution in [-0.4, -0.2) is 31.8 Å². The molecule has 0 spiro atoms. The van der Waals surface area contributed by atoms with Crippen molar-refractivity contribution < 1.29 is 27.4 Å². The van der Waals surface area contributed by atoms with E-state index in [2.05, 4.69) is 4.74 Å². The van der Waals surface area contributed by atoms with Crippen LogP contribution in [0.15, 0.2) is 18.2 Å². The molecule has 0 amide bonds. The Kier molecular flexibility index (Phi) is 3.56. The Morgan fingerprint density at radius 2 is 2.17 bits per heavy atom. The van der Waals surface area contributed by atoms with Gasteiger partial charge in [-0.05, 0) is 11.6 Å². The van der Waals surface area contributed by atoms with Gasteiger partial charge in [-0.3, -0.25) is 4.79 Å². The zero-order chi connectivity index (χ0) is 13.2. The second-order valence-electron chi connectivity index (χ2n) is 3.92. The topological polar surface area (TPSA) is 35.5 Å². The second-order valence-corrected chi connectivity index (χ2v) is 3.92. The highest BCUT2D eigenvalue weighted by Gasteiger charge is 2.28. The molecule has 3 nitrogen and oxygen atoms in total. The quantitative estimate of drug-likeness (QED) is 0.780. The standard InChI is InChI=1S/C12H11F3O3/c13-12(14,15)7-17-6-10(16)9-3-1-2-8-4-5-18-11(8)9/h1-3H,4-7H2. The lowest BCUT2D eigenvalue weighted by atomic mass is 10.1. The average Bonchev–Trinajstić information content (AvgIpc) is 2.74. The maximum Gasteiger partial charge on any atom is 0.411 e. The van der Waals surface area contributed by atoms with Crippen molar-refractivity contribution in [3.05, 3.63) is 29.3 Å². The minimum atomic E-state index is -4.42. The SMILES string of the molecule is O=C(COCC(F)(F)F)c1cccc2c1OCC2. The first-order valence-corrected chi connectivity index (χ1v) is 5.40. The zero-order valence-corrected chi connectivity index (χ0v) is 9.42. The Bertz CT molecular complexity index is 454. The van der Waals surface area contributed by atoms with Crippen LogP contribution in [0.25, 0.3) is 0 Å². The highest BCUT2D eigenvalue weighted by atomic mass is 19.4. The summed E-state index contributed by atoms with van der Waals surface area (Å²) in [7, 11) is 0. The Morgan fingerprint density at radius 1 is 1.39 bits per heavy atom. The molecule has 0 saturated heterocycles. The molecule has 1 aromatic carbocycles. The molecule has 98 valence electrons. The lowest BCUT2D eigenvalue weighted by Gasteiger charge is -2.09. The normalized spacial score (nSPS) is 14.2. The van der Waals surface area contributed by atoms with Crippen LogP contribution in [0, 0.1) is 0 Å². The molecule has 0 radical (unpaired) electrons. The molecular weight excluding hydrogens is 249 g/mol. The summed E-state index contributed by atoms with van der Waals surface area (Å²) in [5.41, 5.74) is 1.18. The number of carbonyl (C=O) groups excluding carboxylic acids is 1. The van der Waals surface area contributed by atoms with Gasteiger partial charge in [-0.2, -0.15) is 13.2 Å². The van der Waals surface area contributed by atoms with Crippen molar-refractivity contribution in [3.63, 3.8) is 0 Å².